The van der Waals surface area contributed by atoms with Gasteiger partial charge in [0.15, 0.2) is 0 Å². The topological polar surface area (TPSA) is 81.6 Å². The lowest BCUT2D eigenvalue weighted by Crippen LogP contribution is -2.51. The highest BCUT2D eigenvalue weighted by molar-refractivity contribution is 7.80. The number of hydrogen-bond acceptors (Lipinski definition) is 4. The van der Waals surface area contributed by atoms with E-state index in [1.165, 1.54) is 0 Å². The molecule has 102 valence electrons. The molecule has 1 aromatic carbocycles. The molecule has 0 saturated carbocycles. The maximum atomic E-state index is 11.4. The molecule has 1 aliphatic heterocycles. The number of ether oxygens (including phenoxy) is 1. The summed E-state index contributed by atoms with van der Waals surface area (Å²) in [7, 11) is 0. The Morgan fingerprint density at radius 1 is 1.37 bits per heavy atom. The SMILES string of the molecule is NC(=O)C1COCCN1Cc1ccc(C(N)=S)cc1. The summed E-state index contributed by atoms with van der Waals surface area (Å²) in [5.41, 5.74) is 12.9. The number of nitrogens with two attached hydrogens (primary N) is 2. The van der Waals surface area contributed by atoms with Crippen LogP contribution in [0.15, 0.2) is 24.3 Å². The van der Waals surface area contributed by atoms with Crippen LogP contribution in [0.4, 0.5) is 0 Å². The molecule has 0 spiro atoms. The molecule has 1 amide bonds. The van der Waals surface area contributed by atoms with Crippen molar-refractivity contribution in [2.75, 3.05) is 19.8 Å². The molecule has 6 heteroatoms. The van der Waals surface area contributed by atoms with Gasteiger partial charge >= 0.3 is 0 Å². The first-order valence-electron chi connectivity index (χ1n) is 6.08. The summed E-state index contributed by atoms with van der Waals surface area (Å²) in [5, 5.41) is 0. The zero-order valence-electron chi connectivity index (χ0n) is 10.5. The molecule has 0 radical (unpaired) electrons. The smallest absolute Gasteiger partial charge is 0.237 e. The Kier molecular flexibility index (Phi) is 4.47. The quantitative estimate of drug-likeness (QED) is 0.759. The van der Waals surface area contributed by atoms with Gasteiger partial charge in [-0.3, -0.25) is 9.69 Å². The van der Waals surface area contributed by atoms with Crippen LogP contribution in [0, 0.1) is 0 Å². The molecule has 19 heavy (non-hydrogen) atoms. The minimum atomic E-state index is -0.357. The van der Waals surface area contributed by atoms with Gasteiger partial charge in [-0.2, -0.15) is 0 Å². The van der Waals surface area contributed by atoms with E-state index in [2.05, 4.69) is 0 Å². The van der Waals surface area contributed by atoms with E-state index in [-0.39, 0.29) is 11.9 Å². The largest absolute Gasteiger partial charge is 0.389 e. The van der Waals surface area contributed by atoms with E-state index >= 15 is 0 Å². The van der Waals surface area contributed by atoms with Crippen molar-refractivity contribution in [3.63, 3.8) is 0 Å². The fourth-order valence-corrected chi connectivity index (χ4v) is 2.23. The van der Waals surface area contributed by atoms with Crippen molar-refractivity contribution in [1.82, 2.24) is 4.90 Å². The van der Waals surface area contributed by atoms with Gasteiger partial charge in [0.25, 0.3) is 0 Å². The fraction of sp³-hybridized carbons (Fsp3) is 0.385. The van der Waals surface area contributed by atoms with Crippen molar-refractivity contribution < 1.29 is 9.53 Å². The van der Waals surface area contributed by atoms with Gasteiger partial charge in [0.1, 0.15) is 11.0 Å². The van der Waals surface area contributed by atoms with Gasteiger partial charge in [0, 0.05) is 18.7 Å². The van der Waals surface area contributed by atoms with Crippen LogP contribution in [0.2, 0.25) is 0 Å². The summed E-state index contributed by atoms with van der Waals surface area (Å²) in [4.78, 5) is 13.8. The number of primary amides is 1. The maximum absolute atomic E-state index is 11.4. The Morgan fingerprint density at radius 3 is 2.63 bits per heavy atom. The van der Waals surface area contributed by atoms with Crippen molar-refractivity contribution in [2.24, 2.45) is 11.5 Å². The van der Waals surface area contributed by atoms with E-state index < -0.39 is 0 Å². The van der Waals surface area contributed by atoms with E-state index in [4.69, 9.17) is 28.4 Å². The number of morpholine rings is 1. The average Bonchev–Trinajstić information content (AvgIpc) is 2.39. The first-order valence-corrected chi connectivity index (χ1v) is 6.48. The van der Waals surface area contributed by atoms with Crippen LogP contribution in [0.3, 0.4) is 0 Å². The first kappa shape index (κ1) is 13.9. The lowest BCUT2D eigenvalue weighted by atomic mass is 10.1. The highest BCUT2D eigenvalue weighted by atomic mass is 32.1. The molecule has 1 saturated heterocycles. The Labute approximate surface area is 117 Å². The lowest BCUT2D eigenvalue weighted by Gasteiger charge is -2.33. The highest BCUT2D eigenvalue weighted by Gasteiger charge is 2.27. The number of carbonyl (C=O) groups excluding carboxylic acids is 1. The molecule has 0 bridgehead atoms. The summed E-state index contributed by atoms with van der Waals surface area (Å²) in [6, 6.07) is 7.34. The second-order valence-corrected chi connectivity index (χ2v) is 4.96. The minimum absolute atomic E-state index is 0.348. The Morgan fingerprint density at radius 2 is 2.05 bits per heavy atom. The fourth-order valence-electron chi connectivity index (χ4n) is 2.10. The minimum Gasteiger partial charge on any atom is -0.389 e. The Balaban J connectivity index is 2.06. The van der Waals surface area contributed by atoms with E-state index in [0.717, 1.165) is 11.1 Å². The number of hydrogen-bond donors (Lipinski definition) is 2. The average molecular weight is 279 g/mol. The monoisotopic (exact) mass is 279 g/mol. The Hall–Kier alpha value is -1.50. The van der Waals surface area contributed by atoms with Crippen molar-refractivity contribution in [3.8, 4) is 0 Å². The molecule has 1 heterocycles. The standard InChI is InChI=1S/C13H17N3O2S/c14-12(17)11-8-18-6-5-16(11)7-9-1-3-10(4-2-9)13(15)19/h1-4,11H,5-8H2,(H2,14,17)(H2,15,19). The number of nitrogens with zero attached hydrogens (tertiary/aromatic N) is 1. The number of carbonyl (C=O) groups is 1. The van der Waals surface area contributed by atoms with Gasteiger partial charge in [-0.15, -0.1) is 0 Å². The van der Waals surface area contributed by atoms with Crippen LogP contribution < -0.4 is 11.5 Å². The van der Waals surface area contributed by atoms with E-state index in [1.54, 1.807) is 0 Å². The number of benzene rings is 1. The number of thiocarbonyl (C=S) groups is 1. The molecule has 1 atom stereocenters. The zero-order chi connectivity index (χ0) is 13.8. The lowest BCUT2D eigenvalue weighted by molar-refractivity contribution is -0.129. The normalized spacial score (nSPS) is 20.1. The summed E-state index contributed by atoms with van der Waals surface area (Å²) >= 11 is 4.91. The molecular weight excluding hydrogens is 262 g/mol. The first-order chi connectivity index (χ1) is 9.08. The molecule has 4 N–H and O–H groups in total. The van der Waals surface area contributed by atoms with Crippen LogP contribution in [0.25, 0.3) is 0 Å². The third kappa shape index (κ3) is 3.50. The van der Waals surface area contributed by atoms with Crippen LogP contribution in [-0.2, 0) is 16.1 Å². The molecule has 5 nitrogen and oxygen atoms in total. The third-order valence-electron chi connectivity index (χ3n) is 3.19. The predicted octanol–water partition coefficient (Wildman–Crippen LogP) is 0.00690. The van der Waals surface area contributed by atoms with E-state index in [9.17, 15) is 4.79 Å². The molecule has 1 aromatic rings. The second kappa shape index (κ2) is 6.10. The van der Waals surface area contributed by atoms with Crippen LogP contribution >= 0.6 is 12.2 Å². The van der Waals surface area contributed by atoms with E-state index in [1.807, 2.05) is 29.2 Å². The predicted molar refractivity (Wildman–Crippen MR) is 76.5 cm³/mol. The van der Waals surface area contributed by atoms with Crippen LogP contribution in [0.5, 0.6) is 0 Å². The van der Waals surface area contributed by atoms with Gasteiger partial charge in [0.2, 0.25) is 5.91 Å². The van der Waals surface area contributed by atoms with Gasteiger partial charge in [-0.05, 0) is 5.56 Å². The van der Waals surface area contributed by atoms with Gasteiger partial charge in [-0.25, -0.2) is 0 Å². The molecule has 1 aliphatic rings. The molecule has 1 unspecified atom stereocenters. The summed E-state index contributed by atoms with van der Waals surface area (Å²) in [5.74, 6) is -0.348. The molecule has 1 fully saturated rings. The molecule has 2 rings (SSSR count). The van der Waals surface area contributed by atoms with Crippen molar-refractivity contribution in [1.29, 1.82) is 0 Å². The molecule has 0 aliphatic carbocycles. The zero-order valence-corrected chi connectivity index (χ0v) is 11.4. The van der Waals surface area contributed by atoms with Crippen molar-refractivity contribution >= 4 is 23.1 Å². The summed E-state index contributed by atoms with van der Waals surface area (Å²) in [6.45, 7) is 2.34. The number of amides is 1. The van der Waals surface area contributed by atoms with E-state index in [0.29, 0.717) is 31.3 Å². The summed E-state index contributed by atoms with van der Waals surface area (Å²) in [6.07, 6.45) is 0. The van der Waals surface area contributed by atoms with Gasteiger partial charge < -0.3 is 16.2 Å². The van der Waals surface area contributed by atoms with Crippen molar-refractivity contribution in [3.05, 3.63) is 35.4 Å². The Bertz CT molecular complexity index is 475. The van der Waals surface area contributed by atoms with Gasteiger partial charge in [-0.1, -0.05) is 36.5 Å². The maximum Gasteiger partial charge on any atom is 0.237 e. The van der Waals surface area contributed by atoms with Gasteiger partial charge in [0.05, 0.1) is 13.2 Å². The van der Waals surface area contributed by atoms with Crippen molar-refractivity contribution in [2.45, 2.75) is 12.6 Å². The van der Waals surface area contributed by atoms with Crippen LogP contribution in [-0.4, -0.2) is 41.6 Å². The molecular formula is C13H17N3O2S. The number of rotatable bonds is 4. The highest BCUT2D eigenvalue weighted by Crippen LogP contribution is 2.13. The summed E-state index contributed by atoms with van der Waals surface area (Å²) < 4.78 is 5.29. The third-order valence-corrected chi connectivity index (χ3v) is 3.43. The van der Waals surface area contributed by atoms with Crippen LogP contribution in [0.1, 0.15) is 11.1 Å². The second-order valence-electron chi connectivity index (χ2n) is 4.52. The molecule has 0 aromatic heterocycles.